The fourth-order valence-electron chi connectivity index (χ4n) is 5.48. The van der Waals surface area contributed by atoms with Gasteiger partial charge in [-0.25, -0.2) is 0 Å². The normalized spacial score (nSPS) is 13.5. The molecule has 0 aromatic heterocycles. The van der Waals surface area contributed by atoms with Crippen LogP contribution in [0.2, 0.25) is 0 Å². The Morgan fingerprint density at radius 3 is 2.09 bits per heavy atom. The van der Waals surface area contributed by atoms with Crippen molar-refractivity contribution in [1.82, 2.24) is 0 Å². The smallest absolute Gasteiger partial charge is 0.278 e. The molecule has 0 spiro atoms. The van der Waals surface area contributed by atoms with Gasteiger partial charge >= 0.3 is 0 Å². The number of nitro groups is 1. The van der Waals surface area contributed by atoms with E-state index in [4.69, 9.17) is 0 Å². The molecule has 0 fully saturated rings. The minimum Gasteiger partial charge on any atom is -0.298 e. The number of hydrogen-bond acceptors (Lipinski definition) is 6. The standard InChI is InChI=1S/C26H13NO6/c1-11-6-13(10-29)22-12(9-28)2-3-16-24-18(27(32)33)7-17-20(31)8-19(30)14-4-5-15(21(11)25(16)22)26(24)23(14)17/h2-7,9-10H,8H2,1H3. The molecule has 7 nitrogen and oxygen atoms in total. The third kappa shape index (κ3) is 2.23. The van der Waals surface area contributed by atoms with Crippen LogP contribution in [0.1, 0.15) is 53.4 Å². The van der Waals surface area contributed by atoms with Gasteiger partial charge in [-0.1, -0.05) is 24.3 Å². The van der Waals surface area contributed by atoms with Crippen molar-refractivity contribution in [3.63, 3.8) is 0 Å². The van der Waals surface area contributed by atoms with Gasteiger partial charge in [0.1, 0.15) is 0 Å². The van der Waals surface area contributed by atoms with Crippen molar-refractivity contribution in [2.24, 2.45) is 0 Å². The molecule has 5 aromatic rings. The summed E-state index contributed by atoms with van der Waals surface area (Å²) in [5.41, 5.74) is 1.65. The summed E-state index contributed by atoms with van der Waals surface area (Å²) in [6.45, 7) is 1.82. The lowest BCUT2D eigenvalue weighted by molar-refractivity contribution is -0.383. The average Bonchev–Trinajstić information content (AvgIpc) is 2.80. The highest BCUT2D eigenvalue weighted by atomic mass is 16.6. The molecule has 0 atom stereocenters. The molecule has 0 bridgehead atoms. The van der Waals surface area contributed by atoms with Crippen molar-refractivity contribution in [3.05, 3.63) is 74.3 Å². The fourth-order valence-corrected chi connectivity index (χ4v) is 5.48. The van der Waals surface area contributed by atoms with Gasteiger partial charge in [-0.3, -0.25) is 29.3 Å². The molecular formula is C26H13NO6. The minimum atomic E-state index is -0.535. The fraction of sp³-hybridized carbons (Fsp3) is 0.0769. The maximum atomic E-state index is 12.7. The molecular weight excluding hydrogens is 422 g/mol. The number of carbonyl (C=O) groups is 4. The van der Waals surface area contributed by atoms with Crippen LogP contribution in [-0.4, -0.2) is 29.1 Å². The van der Waals surface area contributed by atoms with Crippen LogP contribution in [-0.2, 0) is 0 Å². The van der Waals surface area contributed by atoms with Gasteiger partial charge in [-0.05, 0) is 40.1 Å². The number of fused-ring (bicyclic) bond motifs is 2. The first-order chi connectivity index (χ1) is 15.9. The third-order valence-corrected chi connectivity index (χ3v) is 6.72. The topological polar surface area (TPSA) is 111 Å². The summed E-state index contributed by atoms with van der Waals surface area (Å²) >= 11 is 0. The molecule has 158 valence electrons. The van der Waals surface area contributed by atoms with Crippen molar-refractivity contribution in [3.8, 4) is 0 Å². The highest BCUT2D eigenvalue weighted by Gasteiger charge is 2.32. The van der Waals surface area contributed by atoms with Gasteiger partial charge in [0.15, 0.2) is 24.1 Å². The molecule has 0 saturated heterocycles. The van der Waals surface area contributed by atoms with Crippen molar-refractivity contribution in [2.45, 2.75) is 13.3 Å². The van der Waals surface area contributed by atoms with Crippen molar-refractivity contribution in [1.29, 1.82) is 0 Å². The van der Waals surface area contributed by atoms with E-state index in [-0.39, 0.29) is 28.8 Å². The van der Waals surface area contributed by atoms with Crippen LogP contribution in [0.25, 0.3) is 43.1 Å². The number of aldehydes is 2. The number of Topliss-reactive ketones (excluding diaryl/α,β-unsaturated/α-hetero) is 2. The van der Waals surface area contributed by atoms with E-state index in [2.05, 4.69) is 0 Å². The number of non-ortho nitro benzene ring substituents is 1. The Bertz CT molecular complexity index is 1800. The highest BCUT2D eigenvalue weighted by Crippen LogP contribution is 2.48. The van der Waals surface area contributed by atoms with Gasteiger partial charge in [0.2, 0.25) is 0 Å². The van der Waals surface area contributed by atoms with Gasteiger partial charge in [0, 0.05) is 44.5 Å². The zero-order chi connectivity index (χ0) is 23.2. The summed E-state index contributed by atoms with van der Waals surface area (Å²) < 4.78 is 0. The quantitative estimate of drug-likeness (QED) is 0.0943. The van der Waals surface area contributed by atoms with E-state index in [9.17, 15) is 29.3 Å². The van der Waals surface area contributed by atoms with E-state index in [0.717, 1.165) is 10.9 Å². The Kier molecular flexibility index (Phi) is 3.64. The van der Waals surface area contributed by atoms with Crippen LogP contribution < -0.4 is 0 Å². The minimum absolute atomic E-state index is 0.170. The lowest BCUT2D eigenvalue weighted by Crippen LogP contribution is -2.17. The summed E-state index contributed by atoms with van der Waals surface area (Å²) in [7, 11) is 0. The Morgan fingerprint density at radius 2 is 1.39 bits per heavy atom. The number of nitrogens with zero attached hydrogens (tertiary/aromatic N) is 1. The lowest BCUT2D eigenvalue weighted by atomic mass is 9.79. The maximum Gasteiger partial charge on any atom is 0.278 e. The van der Waals surface area contributed by atoms with E-state index in [1.54, 1.807) is 24.3 Å². The predicted octanol–water partition coefficient (Wildman–Crippen LogP) is 5.35. The Morgan fingerprint density at radius 1 is 0.758 bits per heavy atom. The monoisotopic (exact) mass is 435 g/mol. The zero-order valence-electron chi connectivity index (χ0n) is 17.2. The predicted molar refractivity (Wildman–Crippen MR) is 123 cm³/mol. The summed E-state index contributed by atoms with van der Waals surface area (Å²) in [4.78, 5) is 60.7. The van der Waals surface area contributed by atoms with Gasteiger partial charge in [-0.2, -0.15) is 0 Å². The number of aryl methyl sites for hydroxylation is 1. The molecule has 0 N–H and O–H groups in total. The van der Waals surface area contributed by atoms with Crippen LogP contribution >= 0.6 is 0 Å². The number of ketones is 2. The lowest BCUT2D eigenvalue weighted by Gasteiger charge is -2.22. The molecule has 0 aliphatic heterocycles. The Balaban J connectivity index is 2.07. The number of rotatable bonds is 3. The average molecular weight is 435 g/mol. The molecule has 0 amide bonds. The molecule has 0 radical (unpaired) electrons. The summed E-state index contributed by atoms with van der Waals surface area (Å²) in [6.07, 6.45) is 1.01. The van der Waals surface area contributed by atoms with Crippen LogP contribution in [0.4, 0.5) is 5.69 Å². The number of carbonyl (C=O) groups excluding carboxylic acids is 4. The van der Waals surface area contributed by atoms with Gasteiger partial charge in [-0.15, -0.1) is 0 Å². The van der Waals surface area contributed by atoms with E-state index >= 15 is 0 Å². The molecule has 1 aliphatic carbocycles. The van der Waals surface area contributed by atoms with E-state index in [1.807, 2.05) is 6.92 Å². The van der Waals surface area contributed by atoms with E-state index in [1.165, 1.54) is 12.1 Å². The first-order valence-electron chi connectivity index (χ1n) is 10.2. The number of nitro benzene ring substituents is 1. The van der Waals surface area contributed by atoms with Crippen molar-refractivity contribution < 1.29 is 24.1 Å². The largest absolute Gasteiger partial charge is 0.298 e. The van der Waals surface area contributed by atoms with Crippen molar-refractivity contribution in [2.75, 3.05) is 0 Å². The highest BCUT2D eigenvalue weighted by molar-refractivity contribution is 6.41. The van der Waals surface area contributed by atoms with Gasteiger partial charge in [0.25, 0.3) is 5.69 Å². The van der Waals surface area contributed by atoms with Gasteiger partial charge < -0.3 is 0 Å². The first kappa shape index (κ1) is 19.2. The summed E-state index contributed by atoms with van der Waals surface area (Å²) in [5.74, 6) is -0.765. The Hall–Kier alpha value is -4.52. The van der Waals surface area contributed by atoms with E-state index in [0.29, 0.717) is 61.6 Å². The van der Waals surface area contributed by atoms with Crippen molar-refractivity contribution >= 4 is 72.9 Å². The third-order valence-electron chi connectivity index (χ3n) is 6.72. The second-order valence-corrected chi connectivity index (χ2v) is 8.35. The van der Waals surface area contributed by atoms with Crippen LogP contribution in [0.15, 0.2) is 36.4 Å². The maximum absolute atomic E-state index is 12.7. The summed E-state index contributed by atoms with van der Waals surface area (Å²) in [5, 5.41) is 16.2. The molecule has 0 unspecified atom stereocenters. The van der Waals surface area contributed by atoms with Gasteiger partial charge in [0.05, 0.1) is 16.7 Å². The molecule has 0 heterocycles. The van der Waals surface area contributed by atoms with Crippen LogP contribution in [0, 0.1) is 17.0 Å². The van der Waals surface area contributed by atoms with Crippen LogP contribution in [0.5, 0.6) is 0 Å². The van der Waals surface area contributed by atoms with E-state index < -0.39 is 10.7 Å². The summed E-state index contributed by atoms with van der Waals surface area (Å²) in [6, 6.07) is 9.50. The second kappa shape index (κ2) is 6.26. The molecule has 1 aliphatic rings. The molecule has 0 saturated carbocycles. The number of benzene rings is 5. The Labute approximate surface area is 185 Å². The first-order valence-corrected chi connectivity index (χ1v) is 10.2. The van der Waals surface area contributed by atoms with Crippen LogP contribution in [0.3, 0.4) is 0 Å². The SMILES string of the molecule is Cc1cc(C=O)c2c(C=O)ccc3c4c([N+](=O)[O-])cc5c6c(ccc(c1c23)c64)C(=O)CC5=O. The zero-order valence-corrected chi connectivity index (χ0v) is 17.2. The molecule has 6 rings (SSSR count). The molecule has 5 aromatic carbocycles. The molecule has 7 heteroatoms. The second-order valence-electron chi connectivity index (χ2n) is 8.35. The number of hydrogen-bond donors (Lipinski definition) is 0. The molecule has 33 heavy (non-hydrogen) atoms.